The Morgan fingerprint density at radius 1 is 1.10 bits per heavy atom. The number of halogens is 3. The summed E-state index contributed by atoms with van der Waals surface area (Å²) in [5, 5.41) is 0. The molecule has 0 aliphatic heterocycles. The summed E-state index contributed by atoms with van der Waals surface area (Å²) < 4.78 is 34.1. The molecule has 10 heteroatoms. The molecule has 0 spiro atoms. The summed E-state index contributed by atoms with van der Waals surface area (Å²) in [7, 11) is 9.67. The van der Waals surface area contributed by atoms with Crippen molar-refractivity contribution >= 4 is 89.7 Å². The third-order valence-electron chi connectivity index (χ3n) is 0. The minimum absolute atomic E-state index is 0. The zero-order valence-electron chi connectivity index (χ0n) is 4.46. The van der Waals surface area contributed by atoms with E-state index in [0.29, 0.717) is 0 Å². The molecule has 0 aliphatic carbocycles. The largest absolute Gasteiger partial charge is 2.00 e. The van der Waals surface area contributed by atoms with Crippen molar-refractivity contribution in [1.82, 2.24) is 0 Å². The first-order valence-corrected chi connectivity index (χ1v) is 7.89. The van der Waals surface area contributed by atoms with Crippen LogP contribution in [-0.2, 0) is 10.4 Å². The van der Waals surface area contributed by atoms with Crippen molar-refractivity contribution in [2.24, 2.45) is 0 Å². The Hall–Kier alpha value is 2.53. The molecular formula is AlCaCl3O4S. The van der Waals surface area contributed by atoms with Crippen molar-refractivity contribution < 1.29 is 17.5 Å². The minimum Gasteiger partial charge on any atom is -0.759 e. The SMILES string of the molecule is O=S(=O)([O-])[O-].[Ca+2].[Cl][Al]([Cl])[Cl]. The van der Waals surface area contributed by atoms with Gasteiger partial charge in [0.25, 0.3) is 0 Å². The van der Waals surface area contributed by atoms with Crippen LogP contribution in [0.4, 0.5) is 0 Å². The molecule has 0 aromatic carbocycles. The predicted octanol–water partition coefficient (Wildman–Crippen LogP) is -0.0311. The van der Waals surface area contributed by atoms with E-state index in [9.17, 15) is 0 Å². The Morgan fingerprint density at radius 2 is 1.10 bits per heavy atom. The van der Waals surface area contributed by atoms with Crippen LogP contribution in [0.1, 0.15) is 0 Å². The third-order valence-corrected chi connectivity index (χ3v) is 0. The fourth-order valence-corrected chi connectivity index (χ4v) is 0. The van der Waals surface area contributed by atoms with E-state index in [2.05, 4.69) is 0 Å². The van der Waals surface area contributed by atoms with Gasteiger partial charge in [0.1, 0.15) is 0 Å². The first kappa shape index (κ1) is 18.3. The minimum atomic E-state index is -5.17. The Balaban J connectivity index is -0.0000000910. The molecule has 0 heterocycles. The Kier molecular flexibility index (Phi) is 17.6. The number of hydrogen-bond donors (Lipinski definition) is 0. The molecule has 10 heavy (non-hydrogen) atoms. The molecule has 0 radical (unpaired) electrons. The fraction of sp³-hybridized carbons (Fsp3) is 0. The Labute approximate surface area is 105 Å². The molecule has 0 bridgehead atoms. The smallest absolute Gasteiger partial charge is 0.759 e. The van der Waals surface area contributed by atoms with E-state index < -0.39 is 21.8 Å². The van der Waals surface area contributed by atoms with Gasteiger partial charge in [-0.2, -0.15) is 0 Å². The van der Waals surface area contributed by atoms with Crippen LogP contribution >= 0.6 is 30.1 Å². The van der Waals surface area contributed by atoms with Gasteiger partial charge in [0, 0.05) is 10.4 Å². The van der Waals surface area contributed by atoms with Gasteiger partial charge in [0.2, 0.25) is 0 Å². The van der Waals surface area contributed by atoms with E-state index in [-0.39, 0.29) is 37.7 Å². The van der Waals surface area contributed by atoms with Gasteiger partial charge in [-0.05, 0) is 0 Å². The number of hydrogen-bond acceptors (Lipinski definition) is 4. The van der Waals surface area contributed by atoms with Crippen molar-refractivity contribution in [1.29, 1.82) is 0 Å². The van der Waals surface area contributed by atoms with Gasteiger partial charge in [-0.25, -0.2) is 30.1 Å². The molecular weight excluding hydrogens is 269 g/mol. The molecule has 0 unspecified atom stereocenters. The summed E-state index contributed by atoms with van der Waals surface area (Å²) in [4.78, 5) is 0. The van der Waals surface area contributed by atoms with Gasteiger partial charge in [-0.1, -0.05) is 0 Å². The monoisotopic (exact) mass is 268 g/mol. The van der Waals surface area contributed by atoms with Gasteiger partial charge in [0.05, 0.1) is 0 Å². The molecule has 0 aromatic heterocycles. The summed E-state index contributed by atoms with van der Waals surface area (Å²) in [5.41, 5.74) is 0. The van der Waals surface area contributed by atoms with Gasteiger partial charge < -0.3 is 9.11 Å². The Bertz CT molecular complexity index is 132. The van der Waals surface area contributed by atoms with Crippen LogP contribution in [0.25, 0.3) is 0 Å². The molecule has 4 nitrogen and oxygen atoms in total. The van der Waals surface area contributed by atoms with Crippen molar-refractivity contribution in [3.8, 4) is 0 Å². The maximum atomic E-state index is 8.52. The zero-order chi connectivity index (χ0) is 8.08. The maximum absolute atomic E-state index is 8.52. The normalized spacial score (nSPS) is 8.50. The van der Waals surface area contributed by atoms with Crippen molar-refractivity contribution in [2.75, 3.05) is 0 Å². The molecule has 0 aliphatic rings. The zero-order valence-corrected chi connectivity index (χ0v) is 10.9. The summed E-state index contributed by atoms with van der Waals surface area (Å²) >= 11 is -1.72. The van der Waals surface area contributed by atoms with Crippen LogP contribution in [0.3, 0.4) is 0 Å². The van der Waals surface area contributed by atoms with E-state index in [1.165, 1.54) is 0 Å². The first-order valence-electron chi connectivity index (χ1n) is 1.32. The second kappa shape index (κ2) is 9.62. The van der Waals surface area contributed by atoms with Crippen LogP contribution in [0, 0.1) is 0 Å². The molecule has 0 saturated heterocycles. The van der Waals surface area contributed by atoms with Crippen LogP contribution in [0.15, 0.2) is 0 Å². The molecule has 0 atom stereocenters. The van der Waals surface area contributed by atoms with E-state index in [0.717, 1.165) is 0 Å². The topological polar surface area (TPSA) is 80.3 Å². The molecule has 0 amide bonds. The molecule has 0 N–H and O–H groups in total. The van der Waals surface area contributed by atoms with Gasteiger partial charge >= 0.3 is 49.1 Å². The fourth-order valence-electron chi connectivity index (χ4n) is 0. The first-order chi connectivity index (χ1) is 3.73. The van der Waals surface area contributed by atoms with Crippen LogP contribution in [-0.4, -0.2) is 66.6 Å². The maximum Gasteiger partial charge on any atom is 2.00 e. The van der Waals surface area contributed by atoms with Crippen LogP contribution in [0.5, 0.6) is 0 Å². The number of rotatable bonds is 0. The average molecular weight is 269 g/mol. The second-order valence-corrected chi connectivity index (χ2v) is 7.91. The molecule has 0 fully saturated rings. The second-order valence-electron chi connectivity index (χ2n) is 0.656. The average Bonchev–Trinajstić information content (AvgIpc) is 1.19. The van der Waals surface area contributed by atoms with Gasteiger partial charge in [0.15, 0.2) is 0 Å². The summed E-state index contributed by atoms with van der Waals surface area (Å²) in [5.74, 6) is 0. The molecule has 0 rings (SSSR count). The van der Waals surface area contributed by atoms with Gasteiger partial charge in [-0.3, -0.25) is 8.42 Å². The van der Waals surface area contributed by atoms with Crippen molar-refractivity contribution in [2.45, 2.75) is 0 Å². The van der Waals surface area contributed by atoms with E-state index in [1.54, 1.807) is 0 Å². The summed E-state index contributed by atoms with van der Waals surface area (Å²) in [6.07, 6.45) is 0. The van der Waals surface area contributed by atoms with E-state index >= 15 is 0 Å². The molecule has 0 saturated carbocycles. The quantitative estimate of drug-likeness (QED) is 0.351. The van der Waals surface area contributed by atoms with Crippen molar-refractivity contribution in [3.05, 3.63) is 0 Å². The Morgan fingerprint density at radius 3 is 1.10 bits per heavy atom. The standard InChI is InChI=1S/Al.Ca.3ClH.H2O4S/c;;;;;1-5(2,3)4/h;;3*1H;(H2,1,2,3,4)/q+3;+2;;;;/p-5. The van der Waals surface area contributed by atoms with Crippen LogP contribution < -0.4 is 0 Å². The molecule has 0 aromatic rings. The summed E-state index contributed by atoms with van der Waals surface area (Å²) in [6.45, 7) is 0. The van der Waals surface area contributed by atoms with E-state index in [4.69, 9.17) is 47.7 Å². The summed E-state index contributed by atoms with van der Waals surface area (Å²) in [6, 6.07) is 0. The van der Waals surface area contributed by atoms with Crippen LogP contribution in [0.2, 0.25) is 0 Å². The van der Waals surface area contributed by atoms with Crippen molar-refractivity contribution in [3.63, 3.8) is 0 Å². The third kappa shape index (κ3) is 149. The van der Waals surface area contributed by atoms with E-state index in [1.807, 2.05) is 0 Å². The predicted molar refractivity (Wildman–Crippen MR) is 39.5 cm³/mol. The van der Waals surface area contributed by atoms with Gasteiger partial charge in [-0.15, -0.1) is 0 Å². The molecule has 56 valence electrons.